The summed E-state index contributed by atoms with van der Waals surface area (Å²) in [5, 5.41) is 17.1. The summed E-state index contributed by atoms with van der Waals surface area (Å²) >= 11 is 0. The predicted octanol–water partition coefficient (Wildman–Crippen LogP) is 1.68. The van der Waals surface area contributed by atoms with Crippen LogP contribution in [0.3, 0.4) is 0 Å². The van der Waals surface area contributed by atoms with Crippen LogP contribution in [0.2, 0.25) is 0 Å². The second-order valence-corrected chi connectivity index (χ2v) is 6.37. The molecule has 3 N–H and O–H groups in total. The molecule has 2 aliphatic carbocycles. The molecule has 0 aliphatic heterocycles. The Morgan fingerprint density at radius 2 is 1.81 bits per heavy atom. The van der Waals surface area contributed by atoms with Crippen LogP contribution in [0, 0.1) is 0 Å². The number of fused-ring (bicyclic) bond motifs is 1. The fraction of sp³-hybridized carbons (Fsp3) is 0.588. The zero-order chi connectivity index (χ0) is 14.8. The number of amides is 1. The number of nitrogens with one attached hydrogen (secondary N) is 2. The van der Waals surface area contributed by atoms with Crippen LogP contribution in [0.4, 0.5) is 0 Å². The lowest BCUT2D eigenvalue weighted by Gasteiger charge is -2.32. The van der Waals surface area contributed by atoms with Gasteiger partial charge in [0.05, 0.1) is 6.10 Å². The molecule has 1 fully saturated rings. The first-order valence-electron chi connectivity index (χ1n) is 7.92. The van der Waals surface area contributed by atoms with Gasteiger partial charge in [-0.15, -0.1) is 0 Å². The summed E-state index contributed by atoms with van der Waals surface area (Å²) in [4.78, 5) is 11.1. The number of aliphatic hydroxyl groups is 1. The number of aliphatic hydroxyl groups excluding tert-OH is 1. The molecule has 0 spiro atoms. The smallest absolute Gasteiger partial charge is 0.217 e. The Balaban J connectivity index is 1.52. The fourth-order valence-electron chi connectivity index (χ4n) is 3.72. The zero-order valence-electron chi connectivity index (χ0n) is 12.5. The van der Waals surface area contributed by atoms with Crippen molar-refractivity contribution in [3.63, 3.8) is 0 Å². The minimum absolute atomic E-state index is 0.0630. The highest BCUT2D eigenvalue weighted by Crippen LogP contribution is 2.32. The van der Waals surface area contributed by atoms with Crippen molar-refractivity contribution >= 4 is 5.91 Å². The van der Waals surface area contributed by atoms with Gasteiger partial charge >= 0.3 is 0 Å². The fourth-order valence-corrected chi connectivity index (χ4v) is 3.72. The Morgan fingerprint density at radius 3 is 2.48 bits per heavy atom. The summed E-state index contributed by atoms with van der Waals surface area (Å²) in [6.07, 6.45) is 4.67. The van der Waals surface area contributed by atoms with Crippen LogP contribution in [-0.4, -0.2) is 29.1 Å². The van der Waals surface area contributed by atoms with E-state index >= 15 is 0 Å². The Bertz CT molecular complexity index is 509. The zero-order valence-corrected chi connectivity index (χ0v) is 12.5. The van der Waals surface area contributed by atoms with Gasteiger partial charge < -0.3 is 15.7 Å². The highest BCUT2D eigenvalue weighted by Gasteiger charge is 2.33. The van der Waals surface area contributed by atoms with E-state index in [1.165, 1.54) is 5.56 Å². The molecule has 114 valence electrons. The third kappa shape index (κ3) is 3.27. The molecule has 0 radical (unpaired) electrons. The topological polar surface area (TPSA) is 61.4 Å². The van der Waals surface area contributed by atoms with Crippen molar-refractivity contribution in [1.29, 1.82) is 0 Å². The minimum Gasteiger partial charge on any atom is -0.387 e. The number of hydrogen-bond donors (Lipinski definition) is 3. The van der Waals surface area contributed by atoms with Gasteiger partial charge in [-0.1, -0.05) is 24.3 Å². The van der Waals surface area contributed by atoms with Crippen LogP contribution in [0.1, 0.15) is 49.8 Å². The van der Waals surface area contributed by atoms with Crippen molar-refractivity contribution < 1.29 is 9.90 Å². The number of rotatable bonds is 3. The van der Waals surface area contributed by atoms with Crippen LogP contribution >= 0.6 is 0 Å². The molecule has 4 nitrogen and oxygen atoms in total. The van der Waals surface area contributed by atoms with Gasteiger partial charge in [-0.05, 0) is 43.2 Å². The largest absolute Gasteiger partial charge is 0.387 e. The van der Waals surface area contributed by atoms with Gasteiger partial charge in [0.25, 0.3) is 0 Å². The molecule has 1 aromatic carbocycles. The summed E-state index contributed by atoms with van der Waals surface area (Å²) in [7, 11) is 0. The molecule has 3 rings (SSSR count). The maximum atomic E-state index is 11.1. The molecule has 0 bridgehead atoms. The van der Waals surface area contributed by atoms with E-state index in [9.17, 15) is 9.90 Å². The van der Waals surface area contributed by atoms with Crippen molar-refractivity contribution in [2.75, 3.05) is 0 Å². The quantitative estimate of drug-likeness (QED) is 0.793. The highest BCUT2D eigenvalue weighted by atomic mass is 16.3. The average Bonchev–Trinajstić information content (AvgIpc) is 2.78. The number of benzene rings is 1. The normalized spacial score (nSPS) is 31.7. The SMILES string of the molecule is CC(=O)NC1CCC(N[C@H]2Cc3ccccc3[C@H]2O)CC1. The van der Waals surface area contributed by atoms with Crippen LogP contribution in [-0.2, 0) is 11.2 Å². The molecule has 2 atom stereocenters. The van der Waals surface area contributed by atoms with Gasteiger partial charge in [0, 0.05) is 25.0 Å². The molecule has 0 unspecified atom stereocenters. The number of hydrogen-bond acceptors (Lipinski definition) is 3. The maximum absolute atomic E-state index is 11.1. The highest BCUT2D eigenvalue weighted by molar-refractivity contribution is 5.73. The van der Waals surface area contributed by atoms with Crippen molar-refractivity contribution in [2.45, 2.75) is 63.3 Å². The minimum atomic E-state index is -0.394. The van der Waals surface area contributed by atoms with Gasteiger partial charge in [-0.2, -0.15) is 0 Å². The van der Waals surface area contributed by atoms with E-state index < -0.39 is 6.10 Å². The number of carbonyl (C=O) groups excluding carboxylic acids is 1. The predicted molar refractivity (Wildman–Crippen MR) is 81.9 cm³/mol. The lowest BCUT2D eigenvalue weighted by atomic mass is 9.90. The van der Waals surface area contributed by atoms with E-state index in [-0.39, 0.29) is 11.9 Å². The van der Waals surface area contributed by atoms with Crippen molar-refractivity contribution in [3.05, 3.63) is 35.4 Å². The molecule has 4 heteroatoms. The van der Waals surface area contributed by atoms with Gasteiger partial charge in [-0.3, -0.25) is 4.79 Å². The summed E-state index contributed by atoms with van der Waals surface area (Å²) in [5.41, 5.74) is 2.33. The van der Waals surface area contributed by atoms with E-state index in [1.807, 2.05) is 18.2 Å². The molecule has 1 saturated carbocycles. The van der Waals surface area contributed by atoms with Crippen molar-refractivity contribution in [1.82, 2.24) is 10.6 Å². The van der Waals surface area contributed by atoms with E-state index in [4.69, 9.17) is 0 Å². The molecule has 0 aromatic heterocycles. The molecule has 0 heterocycles. The van der Waals surface area contributed by atoms with E-state index in [1.54, 1.807) is 6.92 Å². The summed E-state index contributed by atoms with van der Waals surface area (Å²) in [6, 6.07) is 9.05. The average molecular weight is 288 g/mol. The Hall–Kier alpha value is -1.39. The Kier molecular flexibility index (Phi) is 4.27. The molecule has 1 amide bonds. The molecule has 21 heavy (non-hydrogen) atoms. The lowest BCUT2D eigenvalue weighted by Crippen LogP contribution is -2.46. The van der Waals surface area contributed by atoms with Gasteiger partial charge in [0.2, 0.25) is 5.91 Å². The van der Waals surface area contributed by atoms with Crippen LogP contribution in [0.25, 0.3) is 0 Å². The second-order valence-electron chi connectivity index (χ2n) is 6.37. The third-order valence-corrected chi connectivity index (χ3v) is 4.78. The first kappa shape index (κ1) is 14.5. The third-order valence-electron chi connectivity index (χ3n) is 4.78. The van der Waals surface area contributed by atoms with Crippen LogP contribution in [0.5, 0.6) is 0 Å². The summed E-state index contributed by atoms with van der Waals surface area (Å²) in [6.45, 7) is 1.58. The summed E-state index contributed by atoms with van der Waals surface area (Å²) < 4.78 is 0. The summed E-state index contributed by atoms with van der Waals surface area (Å²) in [5.74, 6) is 0.0630. The molecule has 2 aliphatic rings. The standard InChI is InChI=1S/C17H24N2O2/c1-11(20)18-13-6-8-14(9-7-13)19-16-10-12-4-2-3-5-15(12)17(16)21/h2-5,13-14,16-17,19,21H,6-10H2,1H3,(H,18,20)/t13?,14?,16-,17+/m0/s1. The van der Waals surface area contributed by atoms with Crippen molar-refractivity contribution in [3.8, 4) is 0 Å². The van der Waals surface area contributed by atoms with E-state index in [0.29, 0.717) is 12.1 Å². The molecule has 0 saturated heterocycles. The van der Waals surface area contributed by atoms with Crippen molar-refractivity contribution in [2.24, 2.45) is 0 Å². The van der Waals surface area contributed by atoms with E-state index in [2.05, 4.69) is 16.7 Å². The lowest BCUT2D eigenvalue weighted by molar-refractivity contribution is -0.119. The first-order valence-corrected chi connectivity index (χ1v) is 7.92. The molecule has 1 aromatic rings. The Morgan fingerprint density at radius 1 is 1.14 bits per heavy atom. The molecular formula is C17H24N2O2. The number of carbonyl (C=O) groups is 1. The second kappa shape index (κ2) is 6.16. The van der Waals surface area contributed by atoms with Gasteiger partial charge in [0.15, 0.2) is 0 Å². The monoisotopic (exact) mass is 288 g/mol. The Labute approximate surface area is 125 Å². The van der Waals surface area contributed by atoms with Gasteiger partial charge in [0.1, 0.15) is 0 Å². The first-order chi connectivity index (χ1) is 10.1. The molecular weight excluding hydrogens is 264 g/mol. The van der Waals surface area contributed by atoms with Gasteiger partial charge in [-0.25, -0.2) is 0 Å². The van der Waals surface area contributed by atoms with Crippen LogP contribution < -0.4 is 10.6 Å². The maximum Gasteiger partial charge on any atom is 0.217 e. The van der Waals surface area contributed by atoms with E-state index in [0.717, 1.165) is 37.7 Å². The van der Waals surface area contributed by atoms with Crippen LogP contribution in [0.15, 0.2) is 24.3 Å².